The van der Waals surface area contributed by atoms with Gasteiger partial charge in [0.05, 0.1) is 19.3 Å². The third kappa shape index (κ3) is 1.91. The zero-order chi connectivity index (χ0) is 10.1. The summed E-state index contributed by atoms with van der Waals surface area (Å²) < 4.78 is 5.23. The average molecular weight is 225 g/mol. The lowest BCUT2D eigenvalue weighted by Gasteiger charge is -2.41. The van der Waals surface area contributed by atoms with Gasteiger partial charge in [-0.05, 0) is 25.9 Å². The minimum atomic E-state index is 0.648. The average Bonchev–Trinajstić information content (AvgIpc) is 2.69. The molecule has 2 aliphatic heterocycles. The Hall–Kier alpha value is -0.520. The monoisotopic (exact) mass is 225 g/mol. The molecule has 2 fully saturated rings. The molecule has 1 aromatic rings. The van der Waals surface area contributed by atoms with Crippen LogP contribution >= 0.6 is 11.3 Å². The van der Waals surface area contributed by atoms with Crippen molar-refractivity contribution in [3.05, 3.63) is 10.5 Å². The van der Waals surface area contributed by atoms with Gasteiger partial charge in [-0.15, -0.1) is 21.5 Å². The lowest BCUT2D eigenvalue weighted by molar-refractivity contribution is -0.0712. The predicted octanol–water partition coefficient (Wildman–Crippen LogP) is 1.12. The van der Waals surface area contributed by atoms with Crippen LogP contribution in [0.25, 0.3) is 0 Å². The van der Waals surface area contributed by atoms with Gasteiger partial charge in [-0.1, -0.05) is 0 Å². The van der Waals surface area contributed by atoms with Crippen LogP contribution in [0.5, 0.6) is 0 Å². The number of nitrogens with zero attached hydrogens (tertiary/aromatic N) is 3. The molecule has 0 amide bonds. The first-order chi connectivity index (χ1) is 7.43. The predicted molar refractivity (Wildman–Crippen MR) is 58.1 cm³/mol. The molecule has 0 aliphatic carbocycles. The largest absolute Gasteiger partial charge is 0.378 e. The van der Waals surface area contributed by atoms with E-state index in [9.17, 15) is 0 Å². The van der Waals surface area contributed by atoms with E-state index in [-0.39, 0.29) is 0 Å². The van der Waals surface area contributed by atoms with Gasteiger partial charge in [0.25, 0.3) is 0 Å². The van der Waals surface area contributed by atoms with E-state index >= 15 is 0 Å². The molecule has 3 heterocycles. The van der Waals surface area contributed by atoms with Crippen molar-refractivity contribution in [2.45, 2.75) is 24.8 Å². The lowest BCUT2D eigenvalue weighted by atomic mass is 9.96. The second-order valence-corrected chi connectivity index (χ2v) is 5.14. The van der Waals surface area contributed by atoms with Crippen LogP contribution < -0.4 is 0 Å². The highest BCUT2D eigenvalue weighted by Gasteiger charge is 2.30. The first-order valence-corrected chi connectivity index (χ1v) is 6.39. The quantitative estimate of drug-likeness (QED) is 0.756. The zero-order valence-corrected chi connectivity index (χ0v) is 9.45. The summed E-state index contributed by atoms with van der Waals surface area (Å²) in [5, 5.41) is 9.30. The molecule has 0 saturated carbocycles. The highest BCUT2D eigenvalue weighted by Crippen LogP contribution is 2.30. The van der Waals surface area contributed by atoms with Crippen molar-refractivity contribution in [3.63, 3.8) is 0 Å². The Bertz CT molecular complexity index is 304. The van der Waals surface area contributed by atoms with Gasteiger partial charge in [-0.3, -0.25) is 4.90 Å². The van der Waals surface area contributed by atoms with Crippen molar-refractivity contribution in [3.8, 4) is 0 Å². The molecule has 15 heavy (non-hydrogen) atoms. The van der Waals surface area contributed by atoms with Crippen LogP contribution in [-0.4, -0.2) is 47.4 Å². The normalized spacial score (nSPS) is 25.3. The Morgan fingerprint density at radius 2 is 2.13 bits per heavy atom. The summed E-state index contributed by atoms with van der Waals surface area (Å²) in [7, 11) is 0. The van der Waals surface area contributed by atoms with Crippen LogP contribution in [0, 0.1) is 0 Å². The van der Waals surface area contributed by atoms with E-state index in [1.807, 2.05) is 5.51 Å². The molecular weight excluding hydrogens is 210 g/mol. The fourth-order valence-corrected chi connectivity index (χ4v) is 3.03. The number of aromatic nitrogens is 2. The third-order valence-corrected chi connectivity index (χ3v) is 4.25. The van der Waals surface area contributed by atoms with E-state index in [0.29, 0.717) is 12.0 Å². The second-order valence-electron chi connectivity index (χ2n) is 4.28. The van der Waals surface area contributed by atoms with Crippen molar-refractivity contribution >= 4 is 11.3 Å². The Morgan fingerprint density at radius 3 is 2.67 bits per heavy atom. The van der Waals surface area contributed by atoms with Crippen LogP contribution in [0.3, 0.4) is 0 Å². The summed E-state index contributed by atoms with van der Waals surface area (Å²) in [6.07, 6.45) is 2.46. The number of rotatable bonds is 2. The Labute approximate surface area is 93.3 Å². The smallest absolute Gasteiger partial charge is 0.120 e. The SMILES string of the molecule is c1nnc(C2CCN(C3COC3)CC2)s1. The molecule has 0 radical (unpaired) electrons. The fourth-order valence-electron chi connectivity index (χ4n) is 2.31. The highest BCUT2D eigenvalue weighted by atomic mass is 32.1. The molecule has 1 aromatic heterocycles. The van der Waals surface area contributed by atoms with Crippen molar-refractivity contribution in [2.75, 3.05) is 26.3 Å². The van der Waals surface area contributed by atoms with Crippen molar-refractivity contribution in [2.24, 2.45) is 0 Å². The maximum absolute atomic E-state index is 5.23. The van der Waals surface area contributed by atoms with Gasteiger partial charge < -0.3 is 4.74 Å². The third-order valence-electron chi connectivity index (χ3n) is 3.39. The van der Waals surface area contributed by atoms with E-state index in [2.05, 4.69) is 15.1 Å². The van der Waals surface area contributed by atoms with Gasteiger partial charge >= 0.3 is 0 Å². The Balaban J connectivity index is 1.56. The minimum Gasteiger partial charge on any atom is -0.378 e. The number of ether oxygens (including phenoxy) is 1. The first kappa shape index (κ1) is 9.69. The standard InChI is InChI=1S/C10H15N3OS/c1-3-13(9-5-14-6-9)4-2-8(1)10-12-11-7-15-10/h7-9H,1-6H2. The molecule has 0 unspecified atom stereocenters. The fraction of sp³-hybridized carbons (Fsp3) is 0.800. The van der Waals surface area contributed by atoms with Gasteiger partial charge in [0, 0.05) is 5.92 Å². The van der Waals surface area contributed by atoms with Crippen LogP contribution in [-0.2, 0) is 4.74 Å². The van der Waals surface area contributed by atoms with E-state index in [1.54, 1.807) is 11.3 Å². The lowest BCUT2D eigenvalue weighted by Crippen LogP contribution is -2.51. The van der Waals surface area contributed by atoms with E-state index in [1.165, 1.54) is 30.9 Å². The molecule has 0 aromatic carbocycles. The molecule has 0 spiro atoms. The zero-order valence-electron chi connectivity index (χ0n) is 8.63. The number of likely N-dealkylation sites (tertiary alicyclic amines) is 1. The number of hydrogen-bond donors (Lipinski definition) is 0. The van der Waals surface area contributed by atoms with E-state index in [4.69, 9.17) is 4.74 Å². The van der Waals surface area contributed by atoms with Gasteiger partial charge in [0.2, 0.25) is 0 Å². The summed E-state index contributed by atoms with van der Waals surface area (Å²) in [5.74, 6) is 0.648. The van der Waals surface area contributed by atoms with Gasteiger partial charge in [0.1, 0.15) is 10.5 Å². The summed E-state index contributed by atoms with van der Waals surface area (Å²) in [4.78, 5) is 2.56. The van der Waals surface area contributed by atoms with Gasteiger partial charge in [-0.25, -0.2) is 0 Å². The molecule has 82 valence electrons. The van der Waals surface area contributed by atoms with Crippen LogP contribution in [0.2, 0.25) is 0 Å². The van der Waals surface area contributed by atoms with Gasteiger partial charge in [-0.2, -0.15) is 0 Å². The molecule has 5 heteroatoms. The number of piperidine rings is 1. The summed E-state index contributed by atoms with van der Waals surface area (Å²) >= 11 is 1.69. The van der Waals surface area contributed by atoms with Crippen molar-refractivity contribution in [1.29, 1.82) is 0 Å². The maximum Gasteiger partial charge on any atom is 0.120 e. The Morgan fingerprint density at radius 1 is 1.33 bits per heavy atom. The van der Waals surface area contributed by atoms with Crippen molar-refractivity contribution in [1.82, 2.24) is 15.1 Å². The Kier molecular flexibility index (Phi) is 2.68. The molecule has 2 aliphatic rings. The molecule has 0 N–H and O–H groups in total. The van der Waals surface area contributed by atoms with Crippen molar-refractivity contribution < 1.29 is 4.74 Å². The van der Waals surface area contributed by atoms with Crippen LogP contribution in [0.4, 0.5) is 0 Å². The minimum absolute atomic E-state index is 0.648. The van der Waals surface area contributed by atoms with Crippen LogP contribution in [0.15, 0.2) is 5.51 Å². The molecule has 4 nitrogen and oxygen atoms in total. The van der Waals surface area contributed by atoms with E-state index in [0.717, 1.165) is 13.2 Å². The maximum atomic E-state index is 5.23. The molecule has 3 rings (SSSR count). The topological polar surface area (TPSA) is 38.2 Å². The van der Waals surface area contributed by atoms with Crippen LogP contribution in [0.1, 0.15) is 23.8 Å². The molecule has 2 saturated heterocycles. The summed E-state index contributed by atoms with van der Waals surface area (Å²) in [6.45, 7) is 4.25. The number of hydrogen-bond acceptors (Lipinski definition) is 5. The molecule has 0 bridgehead atoms. The first-order valence-electron chi connectivity index (χ1n) is 5.51. The second kappa shape index (κ2) is 4.15. The summed E-state index contributed by atoms with van der Waals surface area (Å²) in [6, 6.07) is 0.695. The molecular formula is C10H15N3OS. The molecule has 0 atom stereocenters. The highest BCUT2D eigenvalue weighted by molar-refractivity contribution is 7.09. The van der Waals surface area contributed by atoms with E-state index < -0.39 is 0 Å². The van der Waals surface area contributed by atoms with Gasteiger partial charge in [0.15, 0.2) is 0 Å². The summed E-state index contributed by atoms with van der Waals surface area (Å²) in [5.41, 5.74) is 1.83.